The Balaban J connectivity index is 1.66. The van der Waals surface area contributed by atoms with E-state index in [0.717, 1.165) is 13.0 Å². The fourth-order valence-corrected chi connectivity index (χ4v) is 2.77. The summed E-state index contributed by atoms with van der Waals surface area (Å²) in [6, 6.07) is 10.1. The molecule has 3 aromatic rings. The summed E-state index contributed by atoms with van der Waals surface area (Å²) >= 11 is 1.72. The maximum atomic E-state index is 12.9. The zero-order chi connectivity index (χ0) is 16.1. The molecule has 4 N–H and O–H groups in total. The number of rotatable bonds is 6. The summed E-state index contributed by atoms with van der Waals surface area (Å²) in [6.07, 6.45) is 2.34. The van der Waals surface area contributed by atoms with Gasteiger partial charge < -0.3 is 16.4 Å². The fraction of sp³-hybridized carbons (Fsp3) is 0.125. The molecule has 0 aliphatic heterocycles. The van der Waals surface area contributed by atoms with Crippen molar-refractivity contribution in [2.75, 3.05) is 22.9 Å². The highest BCUT2D eigenvalue weighted by Gasteiger charge is 2.08. The van der Waals surface area contributed by atoms with Gasteiger partial charge in [-0.25, -0.2) is 14.4 Å². The third-order valence-electron chi connectivity index (χ3n) is 3.23. The molecule has 0 radical (unpaired) electrons. The van der Waals surface area contributed by atoms with Gasteiger partial charge in [-0.2, -0.15) is 0 Å². The molecule has 0 saturated carbocycles. The molecule has 0 saturated heterocycles. The topological polar surface area (TPSA) is 75.9 Å². The van der Waals surface area contributed by atoms with Gasteiger partial charge in [0.15, 0.2) is 11.6 Å². The Kier molecular flexibility index (Phi) is 4.68. The molecule has 0 atom stereocenters. The van der Waals surface area contributed by atoms with Gasteiger partial charge in [0.25, 0.3) is 0 Å². The number of hydrogen-bond donors (Lipinski definition) is 3. The van der Waals surface area contributed by atoms with Gasteiger partial charge in [-0.1, -0.05) is 6.07 Å². The molecule has 0 amide bonds. The van der Waals surface area contributed by atoms with E-state index in [-0.39, 0.29) is 5.82 Å². The van der Waals surface area contributed by atoms with Gasteiger partial charge in [0.05, 0.1) is 0 Å². The highest BCUT2D eigenvalue weighted by molar-refractivity contribution is 7.09. The van der Waals surface area contributed by atoms with E-state index in [1.807, 2.05) is 6.07 Å². The Labute approximate surface area is 137 Å². The molecule has 0 bridgehead atoms. The summed E-state index contributed by atoms with van der Waals surface area (Å²) in [4.78, 5) is 9.61. The van der Waals surface area contributed by atoms with E-state index in [4.69, 9.17) is 5.73 Å². The van der Waals surface area contributed by atoms with Gasteiger partial charge in [0.1, 0.15) is 17.8 Å². The van der Waals surface area contributed by atoms with Crippen molar-refractivity contribution in [2.24, 2.45) is 0 Å². The number of halogens is 1. The Hall–Kier alpha value is -2.67. The number of hydrogen-bond acceptors (Lipinski definition) is 6. The molecule has 0 fully saturated rings. The maximum Gasteiger partial charge on any atom is 0.159 e. The van der Waals surface area contributed by atoms with E-state index in [9.17, 15) is 4.39 Å². The third-order valence-corrected chi connectivity index (χ3v) is 4.17. The van der Waals surface area contributed by atoms with E-state index in [1.165, 1.54) is 23.3 Å². The number of nitrogens with one attached hydrogen (secondary N) is 2. The Morgan fingerprint density at radius 1 is 1.09 bits per heavy atom. The van der Waals surface area contributed by atoms with E-state index >= 15 is 0 Å². The second kappa shape index (κ2) is 7.06. The van der Waals surface area contributed by atoms with E-state index < -0.39 is 0 Å². The van der Waals surface area contributed by atoms with E-state index in [0.29, 0.717) is 23.0 Å². The summed E-state index contributed by atoms with van der Waals surface area (Å²) < 4.78 is 12.9. The predicted molar refractivity (Wildman–Crippen MR) is 92.6 cm³/mol. The first-order valence-electron chi connectivity index (χ1n) is 7.11. The summed E-state index contributed by atoms with van der Waals surface area (Å²) in [6.45, 7) is 0.734. The van der Waals surface area contributed by atoms with Crippen LogP contribution in [0.1, 0.15) is 4.88 Å². The summed E-state index contributed by atoms with van der Waals surface area (Å²) in [7, 11) is 0. The van der Waals surface area contributed by atoms with Crippen LogP contribution in [-0.4, -0.2) is 16.5 Å². The monoisotopic (exact) mass is 329 g/mol. The smallest absolute Gasteiger partial charge is 0.159 e. The molecule has 23 heavy (non-hydrogen) atoms. The van der Waals surface area contributed by atoms with Gasteiger partial charge in [-0.05, 0) is 42.1 Å². The number of aromatic nitrogens is 2. The van der Waals surface area contributed by atoms with Crippen LogP contribution in [0.3, 0.4) is 0 Å². The fourth-order valence-electron chi connectivity index (χ4n) is 2.06. The second-order valence-corrected chi connectivity index (χ2v) is 5.90. The molecular formula is C16H16FN5S. The normalized spacial score (nSPS) is 10.5. The van der Waals surface area contributed by atoms with Crippen LogP contribution in [0, 0.1) is 5.82 Å². The minimum absolute atomic E-state index is 0.290. The number of thiophene rings is 1. The van der Waals surface area contributed by atoms with Gasteiger partial charge in [0, 0.05) is 17.1 Å². The van der Waals surface area contributed by atoms with Crippen molar-refractivity contribution >= 4 is 34.3 Å². The first kappa shape index (κ1) is 15.2. The zero-order valence-corrected chi connectivity index (χ0v) is 13.1. The SMILES string of the molecule is Nc1c(NCCc2cccs2)ncnc1Nc1ccc(F)cc1. The minimum atomic E-state index is -0.290. The molecule has 0 aliphatic rings. The summed E-state index contributed by atoms with van der Waals surface area (Å²) in [5, 5.41) is 8.33. The number of anilines is 4. The standard InChI is InChI=1S/C16H16FN5S/c17-11-3-5-12(6-4-11)22-16-14(18)15(20-10-21-16)19-8-7-13-2-1-9-23-13/h1-6,9-10H,7-8,18H2,(H2,19,20,21,22). The Morgan fingerprint density at radius 3 is 2.61 bits per heavy atom. The molecule has 7 heteroatoms. The van der Waals surface area contributed by atoms with Crippen molar-refractivity contribution < 1.29 is 4.39 Å². The Bertz CT molecular complexity index is 759. The molecular weight excluding hydrogens is 313 g/mol. The van der Waals surface area contributed by atoms with Gasteiger partial charge in [-0.15, -0.1) is 11.3 Å². The molecule has 0 aliphatic carbocycles. The van der Waals surface area contributed by atoms with Gasteiger partial charge in [-0.3, -0.25) is 0 Å². The van der Waals surface area contributed by atoms with Gasteiger partial charge >= 0.3 is 0 Å². The molecule has 2 aromatic heterocycles. The van der Waals surface area contributed by atoms with Crippen molar-refractivity contribution in [1.82, 2.24) is 9.97 Å². The quantitative estimate of drug-likeness (QED) is 0.643. The number of nitrogens with zero attached hydrogens (tertiary/aromatic N) is 2. The van der Waals surface area contributed by atoms with Crippen LogP contribution in [0.2, 0.25) is 0 Å². The van der Waals surface area contributed by atoms with Crippen LogP contribution >= 0.6 is 11.3 Å². The maximum absolute atomic E-state index is 12.9. The molecule has 2 heterocycles. The molecule has 3 rings (SSSR count). The van der Waals surface area contributed by atoms with Crippen molar-refractivity contribution in [2.45, 2.75) is 6.42 Å². The number of benzene rings is 1. The van der Waals surface area contributed by atoms with Crippen LogP contribution in [0.5, 0.6) is 0 Å². The number of nitrogens with two attached hydrogens (primary N) is 1. The third kappa shape index (κ3) is 3.95. The lowest BCUT2D eigenvalue weighted by Crippen LogP contribution is -2.10. The average Bonchev–Trinajstić information content (AvgIpc) is 3.06. The molecule has 5 nitrogen and oxygen atoms in total. The van der Waals surface area contributed by atoms with Crippen LogP contribution in [0.25, 0.3) is 0 Å². The van der Waals surface area contributed by atoms with Crippen molar-refractivity contribution in [3.63, 3.8) is 0 Å². The van der Waals surface area contributed by atoms with Crippen molar-refractivity contribution in [3.8, 4) is 0 Å². The van der Waals surface area contributed by atoms with Crippen molar-refractivity contribution in [3.05, 3.63) is 58.8 Å². The van der Waals surface area contributed by atoms with Gasteiger partial charge in [0.2, 0.25) is 0 Å². The highest BCUT2D eigenvalue weighted by atomic mass is 32.1. The lowest BCUT2D eigenvalue weighted by molar-refractivity contribution is 0.628. The largest absolute Gasteiger partial charge is 0.393 e. The van der Waals surface area contributed by atoms with Crippen LogP contribution in [-0.2, 0) is 6.42 Å². The lowest BCUT2D eigenvalue weighted by atomic mass is 10.3. The summed E-state index contributed by atoms with van der Waals surface area (Å²) in [5.74, 6) is 0.786. The van der Waals surface area contributed by atoms with E-state index in [1.54, 1.807) is 23.5 Å². The minimum Gasteiger partial charge on any atom is -0.393 e. The predicted octanol–water partition coefficient (Wildman–Crippen LogP) is 3.66. The average molecular weight is 329 g/mol. The van der Waals surface area contributed by atoms with Crippen LogP contribution < -0.4 is 16.4 Å². The lowest BCUT2D eigenvalue weighted by Gasteiger charge is -2.12. The van der Waals surface area contributed by atoms with Crippen LogP contribution in [0.15, 0.2) is 48.1 Å². The molecule has 118 valence electrons. The highest BCUT2D eigenvalue weighted by Crippen LogP contribution is 2.25. The molecule has 0 spiro atoms. The first-order chi connectivity index (χ1) is 11.2. The zero-order valence-electron chi connectivity index (χ0n) is 12.3. The summed E-state index contributed by atoms with van der Waals surface area (Å²) in [5.41, 5.74) is 7.24. The molecule has 0 unspecified atom stereocenters. The second-order valence-electron chi connectivity index (χ2n) is 4.87. The first-order valence-corrected chi connectivity index (χ1v) is 7.99. The molecule has 1 aromatic carbocycles. The van der Waals surface area contributed by atoms with E-state index in [2.05, 4.69) is 32.0 Å². The van der Waals surface area contributed by atoms with Crippen LogP contribution in [0.4, 0.5) is 27.4 Å². The Morgan fingerprint density at radius 2 is 1.87 bits per heavy atom. The van der Waals surface area contributed by atoms with Crippen molar-refractivity contribution in [1.29, 1.82) is 0 Å². The number of nitrogen functional groups attached to an aromatic ring is 1.